The zero-order valence-corrected chi connectivity index (χ0v) is 11.3. The number of rotatable bonds is 3. The van der Waals surface area contributed by atoms with Gasteiger partial charge in [0.2, 0.25) is 0 Å². The molecule has 0 bridgehead atoms. The Bertz CT molecular complexity index is 678. The van der Waals surface area contributed by atoms with Crippen LogP contribution < -0.4 is 10.6 Å². The smallest absolute Gasteiger partial charge is 0.276 e. The van der Waals surface area contributed by atoms with Gasteiger partial charge >= 0.3 is 0 Å². The summed E-state index contributed by atoms with van der Waals surface area (Å²) in [5.41, 5.74) is 0.916. The summed E-state index contributed by atoms with van der Waals surface area (Å²) in [6.07, 6.45) is 0. The molecule has 0 radical (unpaired) electrons. The van der Waals surface area contributed by atoms with Crippen molar-refractivity contribution in [3.05, 3.63) is 46.6 Å². The molecule has 2 rings (SSSR count). The molecule has 1 heterocycles. The molecule has 0 aliphatic heterocycles. The van der Waals surface area contributed by atoms with Crippen molar-refractivity contribution in [3.63, 3.8) is 0 Å². The Labute approximate surface area is 120 Å². The molecule has 0 saturated heterocycles. The van der Waals surface area contributed by atoms with E-state index in [1.54, 1.807) is 25.2 Å². The highest BCUT2D eigenvalue weighted by atomic mass is 35.5. The molecular weight excluding hydrogens is 278 g/mol. The Morgan fingerprint density at radius 1 is 1.30 bits per heavy atom. The zero-order valence-electron chi connectivity index (χ0n) is 10.5. The van der Waals surface area contributed by atoms with Gasteiger partial charge in [-0.25, -0.2) is 0 Å². The predicted octanol–water partition coefficient (Wildman–Crippen LogP) is 2.30. The van der Waals surface area contributed by atoms with Crippen molar-refractivity contribution in [1.82, 2.24) is 10.2 Å². The number of nitrogens with one attached hydrogen (secondary N) is 2. The molecule has 100 valence electrons. The van der Waals surface area contributed by atoms with Crippen molar-refractivity contribution in [2.45, 2.75) is 0 Å². The number of benzene rings is 1. The fourth-order valence-electron chi connectivity index (χ4n) is 1.46. The number of amides is 1. The summed E-state index contributed by atoms with van der Waals surface area (Å²) in [6, 6.07) is 9.76. The number of nitriles is 1. The molecule has 1 aromatic heterocycles. The average Bonchev–Trinajstić information content (AvgIpc) is 2.49. The first-order valence-electron chi connectivity index (χ1n) is 5.66. The highest BCUT2D eigenvalue weighted by molar-refractivity contribution is 6.33. The lowest BCUT2D eigenvalue weighted by atomic mass is 10.2. The molecular formula is C13H10ClN5O. The fourth-order valence-corrected chi connectivity index (χ4v) is 1.63. The lowest BCUT2D eigenvalue weighted by Gasteiger charge is -2.07. The number of nitrogens with zero attached hydrogens (tertiary/aromatic N) is 3. The van der Waals surface area contributed by atoms with E-state index < -0.39 is 5.91 Å². The molecule has 0 unspecified atom stereocenters. The number of anilines is 2. The van der Waals surface area contributed by atoms with Crippen LogP contribution in [0.4, 0.5) is 11.5 Å². The van der Waals surface area contributed by atoms with E-state index in [2.05, 4.69) is 20.8 Å². The second-order valence-electron chi connectivity index (χ2n) is 3.81. The van der Waals surface area contributed by atoms with E-state index in [1.165, 1.54) is 12.1 Å². The van der Waals surface area contributed by atoms with Crippen molar-refractivity contribution in [3.8, 4) is 6.07 Å². The van der Waals surface area contributed by atoms with Crippen LogP contribution in [0.1, 0.15) is 16.1 Å². The standard InChI is InChI=1S/C13H10ClN5O/c1-16-12-5-4-10(18-19-12)13(20)17-11-6-8(7-15)2-3-9(11)14/h2-6H,1H3,(H,16,19)(H,17,20). The number of carbonyl (C=O) groups excluding carboxylic acids is 1. The van der Waals surface area contributed by atoms with E-state index in [-0.39, 0.29) is 5.69 Å². The van der Waals surface area contributed by atoms with E-state index in [1.807, 2.05) is 6.07 Å². The molecule has 20 heavy (non-hydrogen) atoms. The minimum absolute atomic E-state index is 0.155. The summed E-state index contributed by atoms with van der Waals surface area (Å²) >= 11 is 5.96. The van der Waals surface area contributed by atoms with Gasteiger partial charge < -0.3 is 10.6 Å². The van der Waals surface area contributed by atoms with Gasteiger partial charge in [-0.05, 0) is 30.3 Å². The van der Waals surface area contributed by atoms with Crippen LogP contribution in [0, 0.1) is 11.3 Å². The first-order valence-corrected chi connectivity index (χ1v) is 6.04. The summed E-state index contributed by atoms with van der Waals surface area (Å²) in [7, 11) is 1.71. The largest absolute Gasteiger partial charge is 0.372 e. The normalized spacial score (nSPS) is 9.65. The summed E-state index contributed by atoms with van der Waals surface area (Å²) < 4.78 is 0. The van der Waals surface area contributed by atoms with Crippen LogP contribution in [0.3, 0.4) is 0 Å². The van der Waals surface area contributed by atoms with Crippen LogP contribution in [0.25, 0.3) is 0 Å². The number of aromatic nitrogens is 2. The van der Waals surface area contributed by atoms with E-state index in [9.17, 15) is 4.79 Å². The summed E-state index contributed by atoms with van der Waals surface area (Å²) in [6.45, 7) is 0. The monoisotopic (exact) mass is 287 g/mol. The van der Waals surface area contributed by atoms with Crippen molar-refractivity contribution in [1.29, 1.82) is 5.26 Å². The van der Waals surface area contributed by atoms with E-state index in [4.69, 9.17) is 16.9 Å². The van der Waals surface area contributed by atoms with E-state index in [0.29, 0.717) is 22.1 Å². The predicted molar refractivity (Wildman–Crippen MR) is 75.7 cm³/mol. The molecule has 0 aliphatic rings. The third-order valence-corrected chi connectivity index (χ3v) is 2.83. The SMILES string of the molecule is CNc1ccc(C(=O)Nc2cc(C#N)ccc2Cl)nn1. The highest BCUT2D eigenvalue weighted by Crippen LogP contribution is 2.23. The summed E-state index contributed by atoms with van der Waals surface area (Å²) in [4.78, 5) is 12.0. The van der Waals surface area contributed by atoms with Crippen molar-refractivity contribution < 1.29 is 4.79 Å². The molecule has 0 atom stereocenters. The van der Waals surface area contributed by atoms with Crippen LogP contribution in [-0.4, -0.2) is 23.2 Å². The molecule has 2 aromatic rings. The molecule has 0 fully saturated rings. The van der Waals surface area contributed by atoms with Gasteiger partial charge in [0.05, 0.1) is 22.3 Å². The van der Waals surface area contributed by atoms with Gasteiger partial charge in [-0.2, -0.15) is 5.26 Å². The van der Waals surface area contributed by atoms with Gasteiger partial charge in [-0.1, -0.05) is 11.6 Å². The van der Waals surface area contributed by atoms with Crippen LogP contribution >= 0.6 is 11.6 Å². The topological polar surface area (TPSA) is 90.7 Å². The van der Waals surface area contributed by atoms with Gasteiger partial charge in [0.1, 0.15) is 5.82 Å². The maximum atomic E-state index is 12.0. The Morgan fingerprint density at radius 3 is 2.70 bits per heavy atom. The number of hydrogen-bond donors (Lipinski definition) is 2. The fraction of sp³-hybridized carbons (Fsp3) is 0.0769. The van der Waals surface area contributed by atoms with Crippen LogP contribution in [0.15, 0.2) is 30.3 Å². The minimum Gasteiger partial charge on any atom is -0.372 e. The molecule has 0 spiro atoms. The Morgan fingerprint density at radius 2 is 2.10 bits per heavy atom. The maximum absolute atomic E-state index is 12.0. The third kappa shape index (κ3) is 3.02. The second kappa shape index (κ2) is 5.99. The number of hydrogen-bond acceptors (Lipinski definition) is 5. The van der Waals surface area contributed by atoms with Crippen molar-refractivity contribution in [2.75, 3.05) is 17.7 Å². The highest BCUT2D eigenvalue weighted by Gasteiger charge is 2.11. The molecule has 0 saturated carbocycles. The summed E-state index contributed by atoms with van der Waals surface area (Å²) in [5, 5.41) is 22.2. The quantitative estimate of drug-likeness (QED) is 0.904. The Hall–Kier alpha value is -2.65. The number of carbonyl (C=O) groups is 1. The van der Waals surface area contributed by atoms with Crippen molar-refractivity contribution >= 4 is 29.0 Å². The van der Waals surface area contributed by atoms with Crippen LogP contribution in [-0.2, 0) is 0 Å². The molecule has 0 aliphatic carbocycles. The van der Waals surface area contributed by atoms with Gasteiger partial charge in [-0.3, -0.25) is 4.79 Å². The van der Waals surface area contributed by atoms with Gasteiger partial charge in [-0.15, -0.1) is 10.2 Å². The molecule has 6 nitrogen and oxygen atoms in total. The van der Waals surface area contributed by atoms with E-state index in [0.717, 1.165) is 0 Å². The first-order chi connectivity index (χ1) is 9.63. The average molecular weight is 288 g/mol. The maximum Gasteiger partial charge on any atom is 0.276 e. The Kier molecular flexibility index (Phi) is 4.13. The first kappa shape index (κ1) is 13.8. The third-order valence-electron chi connectivity index (χ3n) is 2.50. The van der Waals surface area contributed by atoms with Crippen molar-refractivity contribution in [2.24, 2.45) is 0 Å². The van der Waals surface area contributed by atoms with Crippen LogP contribution in [0.2, 0.25) is 5.02 Å². The molecule has 1 aromatic carbocycles. The summed E-state index contributed by atoms with van der Waals surface area (Å²) in [5.74, 6) is 0.114. The van der Waals surface area contributed by atoms with Gasteiger partial charge in [0.25, 0.3) is 5.91 Å². The van der Waals surface area contributed by atoms with Crippen LogP contribution in [0.5, 0.6) is 0 Å². The zero-order chi connectivity index (χ0) is 14.5. The van der Waals surface area contributed by atoms with Gasteiger partial charge in [0, 0.05) is 7.05 Å². The van der Waals surface area contributed by atoms with Gasteiger partial charge in [0.15, 0.2) is 5.69 Å². The lowest BCUT2D eigenvalue weighted by molar-refractivity contribution is 0.102. The molecule has 7 heteroatoms. The Balaban J connectivity index is 2.20. The number of halogens is 1. The lowest BCUT2D eigenvalue weighted by Crippen LogP contribution is -2.15. The molecule has 2 N–H and O–H groups in total. The second-order valence-corrected chi connectivity index (χ2v) is 4.22. The minimum atomic E-state index is -0.447. The van der Waals surface area contributed by atoms with E-state index >= 15 is 0 Å². The molecule has 1 amide bonds.